The van der Waals surface area contributed by atoms with Crippen molar-refractivity contribution in [3.8, 4) is 6.01 Å². The summed E-state index contributed by atoms with van der Waals surface area (Å²) in [5.74, 6) is 1.47. The molecule has 1 fully saturated rings. The molecule has 1 aromatic heterocycles. The van der Waals surface area contributed by atoms with Gasteiger partial charge in [-0.15, -0.1) is 0 Å². The minimum absolute atomic E-state index is 0.200. The third-order valence-corrected chi connectivity index (χ3v) is 2.96. The van der Waals surface area contributed by atoms with E-state index in [1.165, 1.54) is 19.3 Å². The number of aromatic nitrogens is 3. The summed E-state index contributed by atoms with van der Waals surface area (Å²) in [5.41, 5.74) is 5.64. The fraction of sp³-hybridized carbons (Fsp3) is 0.750. The molecule has 0 saturated heterocycles. The Balaban J connectivity index is 1.93. The quantitative estimate of drug-likeness (QED) is 0.769. The molecule has 2 rings (SSSR count). The Hall–Kier alpha value is -1.59. The van der Waals surface area contributed by atoms with Gasteiger partial charge in [0.15, 0.2) is 0 Å². The predicted molar refractivity (Wildman–Crippen MR) is 70.5 cm³/mol. The van der Waals surface area contributed by atoms with Gasteiger partial charge in [-0.25, -0.2) is 0 Å². The molecule has 0 bridgehead atoms. The lowest BCUT2D eigenvalue weighted by Gasteiger charge is -2.07. The van der Waals surface area contributed by atoms with E-state index in [1.54, 1.807) is 0 Å². The third-order valence-electron chi connectivity index (χ3n) is 2.96. The van der Waals surface area contributed by atoms with Crippen LogP contribution in [0.1, 0.15) is 39.5 Å². The van der Waals surface area contributed by atoms with Gasteiger partial charge in [0.25, 0.3) is 0 Å². The van der Waals surface area contributed by atoms with Crippen molar-refractivity contribution in [2.75, 3.05) is 17.7 Å². The second-order valence-electron chi connectivity index (χ2n) is 4.68. The highest BCUT2D eigenvalue weighted by molar-refractivity contribution is 5.35. The lowest BCUT2D eigenvalue weighted by molar-refractivity contribution is 0.292. The third kappa shape index (κ3) is 3.45. The van der Waals surface area contributed by atoms with Gasteiger partial charge in [-0.05, 0) is 25.2 Å². The first-order valence-electron chi connectivity index (χ1n) is 6.63. The van der Waals surface area contributed by atoms with E-state index in [0.29, 0.717) is 24.6 Å². The monoisotopic (exact) mass is 251 g/mol. The fourth-order valence-electron chi connectivity index (χ4n) is 1.97. The maximum atomic E-state index is 5.64. The lowest BCUT2D eigenvalue weighted by Crippen LogP contribution is -2.12. The molecule has 2 unspecified atom stereocenters. The largest absolute Gasteiger partial charge is 0.463 e. The van der Waals surface area contributed by atoms with E-state index < -0.39 is 0 Å². The molecular formula is C12H21N5O. The number of nitrogens with two attached hydrogens (primary N) is 1. The Morgan fingerprint density at radius 3 is 2.83 bits per heavy atom. The topological polar surface area (TPSA) is 86.0 Å². The summed E-state index contributed by atoms with van der Waals surface area (Å²) < 4.78 is 5.37. The van der Waals surface area contributed by atoms with Crippen LogP contribution in [0, 0.1) is 5.92 Å². The van der Waals surface area contributed by atoms with Crippen LogP contribution in [-0.4, -0.2) is 27.6 Å². The Kier molecular flexibility index (Phi) is 4.17. The molecule has 0 amide bonds. The molecule has 1 aliphatic carbocycles. The van der Waals surface area contributed by atoms with Gasteiger partial charge in [0.2, 0.25) is 11.9 Å². The number of nitrogens with zero attached hydrogens (tertiary/aromatic N) is 3. The van der Waals surface area contributed by atoms with Crippen molar-refractivity contribution in [2.24, 2.45) is 5.92 Å². The highest BCUT2D eigenvalue weighted by Gasteiger charge is 2.36. The zero-order chi connectivity index (χ0) is 13.0. The van der Waals surface area contributed by atoms with Gasteiger partial charge < -0.3 is 15.8 Å². The number of anilines is 2. The highest BCUT2D eigenvalue weighted by atomic mass is 16.5. The summed E-state index contributed by atoms with van der Waals surface area (Å²) in [6.45, 7) is 4.82. The van der Waals surface area contributed by atoms with Crippen LogP contribution in [0.5, 0.6) is 6.01 Å². The van der Waals surface area contributed by atoms with Crippen LogP contribution in [0.25, 0.3) is 0 Å². The van der Waals surface area contributed by atoms with Crippen molar-refractivity contribution >= 4 is 11.9 Å². The molecule has 1 saturated carbocycles. The van der Waals surface area contributed by atoms with Gasteiger partial charge in [-0.3, -0.25) is 0 Å². The molecule has 6 heteroatoms. The molecule has 6 nitrogen and oxygen atoms in total. The van der Waals surface area contributed by atoms with Gasteiger partial charge in [0.05, 0.1) is 6.61 Å². The molecule has 2 atom stereocenters. The standard InChI is InChI=1S/C12H21N5O/c1-3-5-8-7-9(8)14-11-15-10(13)16-12(17-11)18-6-4-2/h8-9H,3-7H2,1-2H3,(H3,13,14,15,16,17). The van der Waals surface area contributed by atoms with E-state index in [1.807, 2.05) is 6.92 Å². The van der Waals surface area contributed by atoms with Crippen molar-refractivity contribution in [3.63, 3.8) is 0 Å². The molecule has 0 spiro atoms. The Labute approximate surface area is 107 Å². The molecule has 0 aliphatic heterocycles. The number of rotatable bonds is 7. The maximum absolute atomic E-state index is 5.64. The van der Waals surface area contributed by atoms with Crippen LogP contribution in [0.3, 0.4) is 0 Å². The van der Waals surface area contributed by atoms with E-state index in [-0.39, 0.29) is 5.95 Å². The summed E-state index contributed by atoms with van der Waals surface area (Å²) in [6, 6.07) is 0.783. The zero-order valence-corrected chi connectivity index (χ0v) is 11.0. The first-order chi connectivity index (χ1) is 8.72. The van der Waals surface area contributed by atoms with E-state index in [2.05, 4.69) is 27.2 Å². The minimum atomic E-state index is 0.200. The second kappa shape index (κ2) is 5.84. The molecular weight excluding hydrogens is 230 g/mol. The number of hydrogen-bond acceptors (Lipinski definition) is 6. The van der Waals surface area contributed by atoms with Crippen LogP contribution in [-0.2, 0) is 0 Å². The van der Waals surface area contributed by atoms with Crippen LogP contribution in [0.2, 0.25) is 0 Å². The highest BCUT2D eigenvalue weighted by Crippen LogP contribution is 2.36. The number of nitrogen functional groups attached to an aromatic ring is 1. The van der Waals surface area contributed by atoms with Crippen molar-refractivity contribution in [1.29, 1.82) is 0 Å². The van der Waals surface area contributed by atoms with Gasteiger partial charge in [0, 0.05) is 6.04 Å². The molecule has 1 aromatic rings. The van der Waals surface area contributed by atoms with E-state index >= 15 is 0 Å². The summed E-state index contributed by atoms with van der Waals surface area (Å²) >= 11 is 0. The number of hydrogen-bond donors (Lipinski definition) is 2. The lowest BCUT2D eigenvalue weighted by atomic mass is 10.2. The molecule has 1 heterocycles. The van der Waals surface area contributed by atoms with Crippen molar-refractivity contribution in [3.05, 3.63) is 0 Å². The minimum Gasteiger partial charge on any atom is -0.463 e. The van der Waals surface area contributed by atoms with Crippen LogP contribution in [0.4, 0.5) is 11.9 Å². The summed E-state index contributed by atoms with van der Waals surface area (Å²) in [5, 5.41) is 3.29. The number of nitrogens with one attached hydrogen (secondary N) is 1. The summed E-state index contributed by atoms with van der Waals surface area (Å²) in [4.78, 5) is 12.2. The smallest absolute Gasteiger partial charge is 0.323 e. The van der Waals surface area contributed by atoms with Gasteiger partial charge in [-0.2, -0.15) is 15.0 Å². The van der Waals surface area contributed by atoms with Gasteiger partial charge in [-0.1, -0.05) is 20.3 Å². The Bertz CT molecular complexity index is 398. The molecule has 0 radical (unpaired) electrons. The molecule has 100 valence electrons. The normalized spacial score (nSPS) is 21.7. The van der Waals surface area contributed by atoms with Crippen LogP contribution < -0.4 is 15.8 Å². The average Bonchev–Trinajstić information content (AvgIpc) is 3.04. The fourth-order valence-corrected chi connectivity index (χ4v) is 1.97. The predicted octanol–water partition coefficient (Wildman–Crippen LogP) is 1.84. The van der Waals surface area contributed by atoms with Crippen molar-refractivity contribution in [1.82, 2.24) is 15.0 Å². The van der Waals surface area contributed by atoms with E-state index in [0.717, 1.165) is 12.3 Å². The van der Waals surface area contributed by atoms with Crippen LogP contribution in [0.15, 0.2) is 0 Å². The van der Waals surface area contributed by atoms with Crippen LogP contribution >= 0.6 is 0 Å². The molecule has 18 heavy (non-hydrogen) atoms. The zero-order valence-electron chi connectivity index (χ0n) is 11.0. The summed E-state index contributed by atoms with van der Waals surface area (Å²) in [7, 11) is 0. The Morgan fingerprint density at radius 2 is 2.11 bits per heavy atom. The summed E-state index contributed by atoms with van der Waals surface area (Å²) in [6.07, 6.45) is 4.56. The van der Waals surface area contributed by atoms with E-state index in [9.17, 15) is 0 Å². The molecule has 0 aromatic carbocycles. The average molecular weight is 251 g/mol. The Morgan fingerprint density at radius 1 is 1.28 bits per heavy atom. The second-order valence-corrected chi connectivity index (χ2v) is 4.68. The van der Waals surface area contributed by atoms with Gasteiger partial charge in [0.1, 0.15) is 0 Å². The first kappa shape index (κ1) is 12.9. The van der Waals surface area contributed by atoms with Crippen molar-refractivity contribution in [2.45, 2.75) is 45.6 Å². The maximum Gasteiger partial charge on any atom is 0.323 e. The van der Waals surface area contributed by atoms with Gasteiger partial charge >= 0.3 is 6.01 Å². The number of ether oxygens (including phenoxy) is 1. The molecule has 1 aliphatic rings. The molecule has 3 N–H and O–H groups in total. The van der Waals surface area contributed by atoms with E-state index in [4.69, 9.17) is 10.5 Å². The first-order valence-corrected chi connectivity index (χ1v) is 6.63. The SMILES string of the molecule is CCCOc1nc(N)nc(NC2CC2CCC)n1. The van der Waals surface area contributed by atoms with Crippen molar-refractivity contribution < 1.29 is 4.74 Å².